The van der Waals surface area contributed by atoms with Crippen LogP contribution in [0.5, 0.6) is 0 Å². The molecule has 1 nitrogen and oxygen atoms in total. The van der Waals surface area contributed by atoms with Gasteiger partial charge in [0, 0.05) is 0 Å². The summed E-state index contributed by atoms with van der Waals surface area (Å²) in [6, 6.07) is 0. The summed E-state index contributed by atoms with van der Waals surface area (Å²) in [4.78, 5) is 2.54. The molecule has 0 atom stereocenters. The third-order valence-corrected chi connectivity index (χ3v) is 9.32. The van der Waals surface area contributed by atoms with Crippen molar-refractivity contribution in [1.82, 2.24) is 4.90 Å². The van der Waals surface area contributed by atoms with Crippen LogP contribution < -0.4 is 0 Å². The van der Waals surface area contributed by atoms with Gasteiger partial charge in [0.05, 0.1) is 0 Å². The van der Waals surface area contributed by atoms with Gasteiger partial charge in [-0.05, 0) is 0 Å². The van der Waals surface area contributed by atoms with Gasteiger partial charge in [-0.15, -0.1) is 0 Å². The van der Waals surface area contributed by atoms with Crippen LogP contribution in [0.3, 0.4) is 0 Å². The minimum atomic E-state index is -0.553. The molecule has 0 unspecified atom stereocenters. The Morgan fingerprint density at radius 2 is 1.46 bits per heavy atom. The zero-order valence-corrected chi connectivity index (χ0v) is 12.0. The fourth-order valence-electron chi connectivity index (χ4n) is 1.70. The number of rotatable bonds is 8. The third kappa shape index (κ3) is 6.56. The quantitative estimate of drug-likeness (QED) is 0.593. The van der Waals surface area contributed by atoms with Gasteiger partial charge in [0.15, 0.2) is 0 Å². The van der Waals surface area contributed by atoms with Gasteiger partial charge in [-0.2, -0.15) is 0 Å². The molecule has 1 radical (unpaired) electrons. The van der Waals surface area contributed by atoms with Crippen LogP contribution in [0.2, 0.25) is 15.8 Å². The van der Waals surface area contributed by atoms with E-state index in [1.807, 2.05) is 0 Å². The van der Waals surface area contributed by atoms with Gasteiger partial charge in [-0.1, -0.05) is 0 Å². The van der Waals surface area contributed by atoms with Gasteiger partial charge in [0.1, 0.15) is 0 Å². The Balaban J connectivity index is 3.41. The summed E-state index contributed by atoms with van der Waals surface area (Å²) in [6.45, 7) is 13.1. The fraction of sp³-hybridized carbons (Fsp3) is 1.00. The Labute approximate surface area is 89.0 Å². The van der Waals surface area contributed by atoms with Crippen molar-refractivity contribution in [1.29, 1.82) is 0 Å². The van der Waals surface area contributed by atoms with Crippen LogP contribution in [0.4, 0.5) is 0 Å². The number of hydrogen-bond acceptors (Lipinski definition) is 1. The summed E-state index contributed by atoms with van der Waals surface area (Å²) in [7, 11) is 0. The zero-order valence-electron chi connectivity index (χ0n) is 9.90. The predicted molar refractivity (Wildman–Crippen MR) is 63.9 cm³/mol. The number of nitrogens with zero attached hydrogens (tertiary/aromatic N) is 1. The van der Waals surface area contributed by atoms with Gasteiger partial charge in [-0.3, -0.25) is 0 Å². The first kappa shape index (κ1) is 13.5. The van der Waals surface area contributed by atoms with Gasteiger partial charge in [0.2, 0.25) is 0 Å². The Morgan fingerprint density at radius 3 is 1.85 bits per heavy atom. The second-order valence-electron chi connectivity index (χ2n) is 3.59. The molecule has 79 valence electrons. The molecule has 0 bridgehead atoms. The molecule has 0 spiro atoms. The molecular weight excluding hydrogens is 219 g/mol. The SMILES string of the molecule is CCN(CC)CC[CH2][Ge]([CH2]C)[CH2]C. The van der Waals surface area contributed by atoms with Crippen LogP contribution in [0.1, 0.15) is 34.1 Å². The van der Waals surface area contributed by atoms with E-state index in [2.05, 4.69) is 32.6 Å². The summed E-state index contributed by atoms with van der Waals surface area (Å²) >= 11 is -0.553. The summed E-state index contributed by atoms with van der Waals surface area (Å²) < 4.78 is 0. The van der Waals surface area contributed by atoms with Gasteiger partial charge in [-0.25, -0.2) is 0 Å². The predicted octanol–water partition coefficient (Wildman–Crippen LogP) is 3.25. The first-order valence-corrected chi connectivity index (χ1v) is 10.3. The van der Waals surface area contributed by atoms with Crippen LogP contribution in [-0.4, -0.2) is 38.9 Å². The van der Waals surface area contributed by atoms with E-state index in [1.54, 1.807) is 5.25 Å². The molecule has 0 fully saturated rings. The van der Waals surface area contributed by atoms with E-state index in [-0.39, 0.29) is 0 Å². The second-order valence-corrected chi connectivity index (χ2v) is 10.8. The monoisotopic (exact) mass is 246 g/mol. The molecule has 0 aromatic carbocycles. The summed E-state index contributed by atoms with van der Waals surface area (Å²) in [5, 5.41) is 4.63. The Kier molecular flexibility index (Phi) is 9.42. The second kappa shape index (κ2) is 9.07. The summed E-state index contributed by atoms with van der Waals surface area (Å²) in [5.74, 6) is 0. The van der Waals surface area contributed by atoms with Crippen molar-refractivity contribution in [3.63, 3.8) is 0 Å². The Bertz CT molecular complexity index is 86.3. The molecule has 0 N–H and O–H groups in total. The normalized spacial score (nSPS) is 11.5. The van der Waals surface area contributed by atoms with E-state index < -0.39 is 14.3 Å². The van der Waals surface area contributed by atoms with Crippen molar-refractivity contribution >= 4 is 14.3 Å². The zero-order chi connectivity index (χ0) is 10.1. The standard InChI is InChI=1S/C11H26GeN/c1-5-12(6-2)10-9-11-13(7-3)8-4/h5-11H2,1-4H3. The van der Waals surface area contributed by atoms with Crippen LogP contribution in [0.25, 0.3) is 0 Å². The van der Waals surface area contributed by atoms with E-state index >= 15 is 0 Å². The van der Waals surface area contributed by atoms with Crippen molar-refractivity contribution in [2.24, 2.45) is 0 Å². The van der Waals surface area contributed by atoms with E-state index in [4.69, 9.17) is 0 Å². The van der Waals surface area contributed by atoms with Crippen molar-refractivity contribution in [2.45, 2.75) is 49.9 Å². The Morgan fingerprint density at radius 1 is 0.923 bits per heavy atom. The van der Waals surface area contributed by atoms with Crippen molar-refractivity contribution in [3.8, 4) is 0 Å². The molecule has 0 aliphatic carbocycles. The fourth-order valence-corrected chi connectivity index (χ4v) is 5.61. The topological polar surface area (TPSA) is 3.24 Å². The van der Waals surface area contributed by atoms with Gasteiger partial charge >= 0.3 is 88.8 Å². The molecule has 0 saturated carbocycles. The summed E-state index contributed by atoms with van der Waals surface area (Å²) in [5.41, 5.74) is 0. The molecule has 0 aliphatic heterocycles. The molecule has 0 saturated heterocycles. The first-order valence-electron chi connectivity index (χ1n) is 5.84. The first-order chi connectivity index (χ1) is 6.28. The van der Waals surface area contributed by atoms with Crippen LogP contribution in [-0.2, 0) is 0 Å². The summed E-state index contributed by atoms with van der Waals surface area (Å²) in [6.07, 6.45) is 1.46. The average Bonchev–Trinajstić information content (AvgIpc) is 2.19. The molecular formula is C11H26GeN. The molecule has 0 aromatic rings. The van der Waals surface area contributed by atoms with Crippen molar-refractivity contribution in [2.75, 3.05) is 19.6 Å². The maximum absolute atomic E-state index is 2.54. The van der Waals surface area contributed by atoms with E-state index in [9.17, 15) is 0 Å². The van der Waals surface area contributed by atoms with Gasteiger partial charge < -0.3 is 0 Å². The number of hydrogen-bond donors (Lipinski definition) is 0. The molecule has 0 amide bonds. The maximum atomic E-state index is 2.54. The van der Waals surface area contributed by atoms with E-state index in [0.717, 1.165) is 0 Å². The van der Waals surface area contributed by atoms with Crippen LogP contribution in [0.15, 0.2) is 0 Å². The molecule has 0 heterocycles. The van der Waals surface area contributed by atoms with Crippen molar-refractivity contribution in [3.05, 3.63) is 0 Å². The van der Waals surface area contributed by atoms with Crippen LogP contribution >= 0.6 is 0 Å². The molecule has 2 heteroatoms. The van der Waals surface area contributed by atoms with Gasteiger partial charge in [0.25, 0.3) is 0 Å². The van der Waals surface area contributed by atoms with Crippen LogP contribution in [0, 0.1) is 0 Å². The van der Waals surface area contributed by atoms with E-state index in [1.165, 1.54) is 36.6 Å². The molecule has 13 heavy (non-hydrogen) atoms. The van der Waals surface area contributed by atoms with Crippen molar-refractivity contribution < 1.29 is 0 Å². The Hall–Kier alpha value is 0.503. The minimum absolute atomic E-state index is 0.553. The average molecular weight is 245 g/mol. The van der Waals surface area contributed by atoms with E-state index in [0.29, 0.717) is 0 Å². The molecule has 0 rings (SSSR count). The molecule has 0 aromatic heterocycles. The molecule has 0 aliphatic rings. The third-order valence-electron chi connectivity index (χ3n) is 2.90.